The summed E-state index contributed by atoms with van der Waals surface area (Å²) in [5.74, 6) is -0.215. The molecule has 6 heteroatoms. The van der Waals surface area contributed by atoms with Crippen molar-refractivity contribution in [1.29, 1.82) is 0 Å². The first kappa shape index (κ1) is 16.2. The molecular weight excluding hydrogens is 276 g/mol. The number of carbonyl (C=O) groups is 2. The van der Waals surface area contributed by atoms with Gasteiger partial charge in [0, 0.05) is 11.9 Å². The first-order chi connectivity index (χ1) is 9.42. The van der Waals surface area contributed by atoms with Crippen LogP contribution < -0.4 is 5.32 Å². The van der Waals surface area contributed by atoms with Crippen LogP contribution in [0.5, 0.6) is 0 Å². The lowest BCUT2D eigenvalue weighted by Crippen LogP contribution is -2.50. The second-order valence-corrected chi connectivity index (χ2v) is 5.54. The van der Waals surface area contributed by atoms with Crippen molar-refractivity contribution in [3.8, 4) is 0 Å². The number of nitrogens with one attached hydrogen (secondary N) is 1. The molecule has 1 amide bonds. The predicted molar refractivity (Wildman–Crippen MR) is 78.7 cm³/mol. The molecule has 0 saturated carbocycles. The molecule has 0 aromatic carbocycles. The number of ether oxygens (including phenoxy) is 1. The van der Waals surface area contributed by atoms with E-state index in [2.05, 4.69) is 21.6 Å². The standard InChI is InChI=1S/C14H18N2O3S/c1-5-9-20-12-10(7-6-8-15-12)11(17)16-14(2,3)13(18)19-4/h5-8H,1,9H2,2-4H3,(H,16,17). The van der Waals surface area contributed by atoms with Crippen molar-refractivity contribution in [2.75, 3.05) is 12.9 Å². The Morgan fingerprint density at radius 2 is 2.25 bits per heavy atom. The molecule has 5 nitrogen and oxygen atoms in total. The number of hydrogen-bond donors (Lipinski definition) is 1. The van der Waals surface area contributed by atoms with Gasteiger partial charge in [-0.25, -0.2) is 9.78 Å². The molecule has 0 fully saturated rings. The van der Waals surface area contributed by atoms with Gasteiger partial charge in [0.25, 0.3) is 5.91 Å². The summed E-state index contributed by atoms with van der Waals surface area (Å²) in [4.78, 5) is 28.0. The largest absolute Gasteiger partial charge is 0.467 e. The van der Waals surface area contributed by atoms with Crippen LogP contribution in [0.2, 0.25) is 0 Å². The Morgan fingerprint density at radius 1 is 1.55 bits per heavy atom. The van der Waals surface area contributed by atoms with Gasteiger partial charge < -0.3 is 10.1 Å². The lowest BCUT2D eigenvalue weighted by molar-refractivity contribution is -0.146. The SMILES string of the molecule is C=CCSc1ncccc1C(=O)NC(C)(C)C(=O)OC. The Labute approximate surface area is 122 Å². The summed E-state index contributed by atoms with van der Waals surface area (Å²) >= 11 is 1.41. The number of esters is 1. The fourth-order valence-electron chi connectivity index (χ4n) is 1.47. The Morgan fingerprint density at radius 3 is 2.85 bits per heavy atom. The lowest BCUT2D eigenvalue weighted by Gasteiger charge is -2.23. The zero-order valence-corrected chi connectivity index (χ0v) is 12.6. The van der Waals surface area contributed by atoms with E-state index >= 15 is 0 Å². The van der Waals surface area contributed by atoms with E-state index in [4.69, 9.17) is 0 Å². The molecule has 0 unspecified atom stereocenters. The van der Waals surface area contributed by atoms with Gasteiger partial charge in [0.2, 0.25) is 0 Å². The average molecular weight is 294 g/mol. The van der Waals surface area contributed by atoms with Crippen molar-refractivity contribution in [2.45, 2.75) is 24.4 Å². The minimum Gasteiger partial charge on any atom is -0.467 e. The lowest BCUT2D eigenvalue weighted by atomic mass is 10.1. The number of amides is 1. The van der Waals surface area contributed by atoms with E-state index in [1.165, 1.54) is 18.9 Å². The predicted octanol–water partition coefficient (Wildman–Crippen LogP) is 2.04. The topological polar surface area (TPSA) is 68.3 Å². The Balaban J connectivity index is 2.92. The summed E-state index contributed by atoms with van der Waals surface area (Å²) in [5.41, 5.74) is -0.668. The van der Waals surface area contributed by atoms with E-state index in [-0.39, 0.29) is 5.91 Å². The van der Waals surface area contributed by atoms with Gasteiger partial charge in [0.15, 0.2) is 0 Å². The van der Waals surface area contributed by atoms with Crippen molar-refractivity contribution < 1.29 is 14.3 Å². The van der Waals surface area contributed by atoms with Crippen LogP contribution >= 0.6 is 11.8 Å². The molecule has 0 aliphatic rings. The van der Waals surface area contributed by atoms with Crippen LogP contribution in [-0.2, 0) is 9.53 Å². The van der Waals surface area contributed by atoms with Crippen LogP contribution in [0.1, 0.15) is 24.2 Å². The molecule has 0 radical (unpaired) electrons. The summed E-state index contributed by atoms with van der Waals surface area (Å²) in [6.45, 7) is 6.81. The number of methoxy groups -OCH3 is 1. The van der Waals surface area contributed by atoms with Gasteiger partial charge in [-0.05, 0) is 26.0 Å². The third-order valence-electron chi connectivity index (χ3n) is 2.48. The van der Waals surface area contributed by atoms with Crippen LogP contribution in [0.15, 0.2) is 36.0 Å². The summed E-state index contributed by atoms with van der Waals surface area (Å²) in [6.07, 6.45) is 3.35. The zero-order chi connectivity index (χ0) is 15.2. The highest BCUT2D eigenvalue weighted by atomic mass is 32.2. The fraction of sp³-hybridized carbons (Fsp3) is 0.357. The van der Waals surface area contributed by atoms with Gasteiger partial charge in [-0.15, -0.1) is 18.3 Å². The van der Waals surface area contributed by atoms with Crippen molar-refractivity contribution in [2.24, 2.45) is 0 Å². The van der Waals surface area contributed by atoms with Gasteiger partial charge in [-0.1, -0.05) is 6.08 Å². The summed E-state index contributed by atoms with van der Waals surface area (Å²) in [6, 6.07) is 3.35. The summed E-state index contributed by atoms with van der Waals surface area (Å²) in [5, 5.41) is 3.25. The van der Waals surface area contributed by atoms with E-state index in [0.717, 1.165) is 0 Å². The fourth-order valence-corrected chi connectivity index (χ4v) is 2.20. The molecule has 1 heterocycles. The van der Waals surface area contributed by atoms with Gasteiger partial charge in [0.1, 0.15) is 10.6 Å². The van der Waals surface area contributed by atoms with Gasteiger partial charge in [-0.2, -0.15) is 0 Å². The van der Waals surface area contributed by atoms with E-state index < -0.39 is 11.5 Å². The number of thioether (sulfide) groups is 1. The molecule has 1 aromatic rings. The minimum atomic E-state index is -1.10. The monoisotopic (exact) mass is 294 g/mol. The van der Waals surface area contributed by atoms with Crippen molar-refractivity contribution in [3.05, 3.63) is 36.5 Å². The van der Waals surface area contributed by atoms with Gasteiger partial charge in [0.05, 0.1) is 12.7 Å². The molecule has 0 bridgehead atoms. The van der Waals surface area contributed by atoms with E-state index in [9.17, 15) is 9.59 Å². The van der Waals surface area contributed by atoms with Crippen LogP contribution in [0, 0.1) is 0 Å². The highest BCUT2D eigenvalue weighted by molar-refractivity contribution is 7.99. The highest BCUT2D eigenvalue weighted by Crippen LogP contribution is 2.20. The second kappa shape index (κ2) is 7.09. The smallest absolute Gasteiger partial charge is 0.330 e. The maximum Gasteiger partial charge on any atom is 0.330 e. The van der Waals surface area contributed by atoms with Crippen molar-refractivity contribution >= 4 is 23.6 Å². The molecular formula is C14H18N2O3S. The minimum absolute atomic E-state index is 0.361. The molecule has 0 aliphatic carbocycles. The second-order valence-electron chi connectivity index (χ2n) is 4.53. The van der Waals surface area contributed by atoms with Crippen LogP contribution in [0.25, 0.3) is 0 Å². The Hall–Kier alpha value is -1.82. The number of pyridine rings is 1. The summed E-state index contributed by atoms with van der Waals surface area (Å²) in [7, 11) is 1.28. The first-order valence-corrected chi connectivity index (χ1v) is 7.00. The Bertz CT molecular complexity index is 515. The molecule has 108 valence electrons. The normalized spacial score (nSPS) is 10.8. The van der Waals surface area contributed by atoms with Crippen LogP contribution in [-0.4, -0.2) is 35.3 Å². The third kappa shape index (κ3) is 4.09. The maximum atomic E-state index is 12.3. The van der Waals surface area contributed by atoms with Gasteiger partial charge >= 0.3 is 5.97 Å². The van der Waals surface area contributed by atoms with Crippen molar-refractivity contribution in [1.82, 2.24) is 10.3 Å². The molecule has 1 aromatic heterocycles. The number of rotatable bonds is 6. The van der Waals surface area contributed by atoms with E-state index in [0.29, 0.717) is 16.3 Å². The quantitative estimate of drug-likeness (QED) is 0.494. The molecule has 0 atom stereocenters. The summed E-state index contributed by atoms with van der Waals surface area (Å²) < 4.78 is 4.66. The average Bonchev–Trinajstić information content (AvgIpc) is 2.43. The van der Waals surface area contributed by atoms with Gasteiger partial charge in [-0.3, -0.25) is 4.79 Å². The van der Waals surface area contributed by atoms with Crippen LogP contribution in [0.3, 0.4) is 0 Å². The zero-order valence-electron chi connectivity index (χ0n) is 11.8. The first-order valence-electron chi connectivity index (χ1n) is 6.02. The maximum absolute atomic E-state index is 12.3. The number of hydrogen-bond acceptors (Lipinski definition) is 5. The number of carbonyl (C=O) groups excluding carboxylic acids is 2. The molecule has 0 aliphatic heterocycles. The van der Waals surface area contributed by atoms with Crippen LogP contribution in [0.4, 0.5) is 0 Å². The molecule has 0 spiro atoms. The molecule has 0 saturated heterocycles. The third-order valence-corrected chi connectivity index (χ3v) is 3.48. The Kier molecular flexibility index (Phi) is 5.76. The van der Waals surface area contributed by atoms with E-state index in [1.54, 1.807) is 38.3 Å². The number of aromatic nitrogens is 1. The molecule has 1 N–H and O–H groups in total. The van der Waals surface area contributed by atoms with Crippen molar-refractivity contribution in [3.63, 3.8) is 0 Å². The van der Waals surface area contributed by atoms with E-state index in [1.807, 2.05) is 0 Å². The number of nitrogens with zero attached hydrogens (tertiary/aromatic N) is 1. The molecule has 1 rings (SSSR count). The highest BCUT2D eigenvalue weighted by Gasteiger charge is 2.31. The molecule has 20 heavy (non-hydrogen) atoms.